The summed E-state index contributed by atoms with van der Waals surface area (Å²) in [5, 5.41) is 3.94. The molecule has 0 aliphatic heterocycles. The fourth-order valence-electron chi connectivity index (χ4n) is 2.68. The zero-order chi connectivity index (χ0) is 14.0. The Bertz CT molecular complexity index is 582. The van der Waals surface area contributed by atoms with E-state index >= 15 is 0 Å². The number of rotatable bonds is 4. The van der Waals surface area contributed by atoms with Gasteiger partial charge in [0.05, 0.1) is 18.4 Å². The van der Waals surface area contributed by atoms with Crippen molar-refractivity contribution in [3.63, 3.8) is 0 Å². The molecule has 0 saturated heterocycles. The summed E-state index contributed by atoms with van der Waals surface area (Å²) in [6.45, 7) is 2.15. The number of aromatic nitrogens is 2. The fraction of sp³-hybridized carbons (Fsp3) is 0.500. The van der Waals surface area contributed by atoms with Gasteiger partial charge in [-0.05, 0) is 25.8 Å². The number of hydrogen-bond acceptors (Lipinski definition) is 6. The Morgan fingerprint density at radius 2 is 2.25 bits per heavy atom. The molecule has 1 saturated carbocycles. The highest BCUT2D eigenvalue weighted by Gasteiger charge is 2.49. The lowest BCUT2D eigenvalue weighted by molar-refractivity contribution is -0.151. The molecule has 1 aliphatic carbocycles. The minimum Gasteiger partial charge on any atom is -0.472 e. The number of carbonyl (C=O) groups excluding carboxylic acids is 1. The van der Waals surface area contributed by atoms with E-state index in [4.69, 9.17) is 13.7 Å². The van der Waals surface area contributed by atoms with Crippen LogP contribution in [0.25, 0.3) is 11.4 Å². The van der Waals surface area contributed by atoms with Crippen LogP contribution in [0.2, 0.25) is 0 Å². The van der Waals surface area contributed by atoms with Crippen molar-refractivity contribution >= 4 is 5.97 Å². The van der Waals surface area contributed by atoms with Crippen LogP contribution in [0.15, 0.2) is 27.5 Å². The summed E-state index contributed by atoms with van der Waals surface area (Å²) in [6, 6.07) is 1.75. The molecule has 0 aromatic carbocycles. The lowest BCUT2D eigenvalue weighted by Crippen LogP contribution is -2.35. The van der Waals surface area contributed by atoms with Crippen molar-refractivity contribution in [2.24, 2.45) is 0 Å². The number of hydrogen-bond donors (Lipinski definition) is 0. The summed E-state index contributed by atoms with van der Waals surface area (Å²) in [5.74, 6) is 0.522. The second-order valence-electron chi connectivity index (χ2n) is 4.94. The van der Waals surface area contributed by atoms with Crippen LogP contribution in [-0.2, 0) is 14.9 Å². The molecular weight excluding hydrogens is 260 g/mol. The average Bonchev–Trinajstić information content (AvgIpc) is 3.19. The van der Waals surface area contributed by atoms with E-state index in [0.29, 0.717) is 31.2 Å². The monoisotopic (exact) mass is 276 g/mol. The molecule has 0 amide bonds. The van der Waals surface area contributed by atoms with Crippen LogP contribution in [0.4, 0.5) is 0 Å². The Kier molecular flexibility index (Phi) is 3.30. The zero-order valence-electron chi connectivity index (χ0n) is 11.3. The predicted molar refractivity (Wildman–Crippen MR) is 68.8 cm³/mol. The molecular formula is C14H16N2O4. The highest BCUT2D eigenvalue weighted by molar-refractivity contribution is 5.82. The first-order valence-corrected chi connectivity index (χ1v) is 6.80. The predicted octanol–water partition coefficient (Wildman–Crippen LogP) is 2.70. The second-order valence-corrected chi connectivity index (χ2v) is 4.94. The first-order chi connectivity index (χ1) is 9.76. The Balaban J connectivity index is 1.94. The molecule has 2 aromatic rings. The Hall–Kier alpha value is -2.11. The quantitative estimate of drug-likeness (QED) is 0.799. The lowest BCUT2D eigenvalue weighted by Gasteiger charge is -2.21. The van der Waals surface area contributed by atoms with Crippen LogP contribution in [0.5, 0.6) is 0 Å². The van der Waals surface area contributed by atoms with E-state index < -0.39 is 5.41 Å². The van der Waals surface area contributed by atoms with Gasteiger partial charge < -0.3 is 13.7 Å². The summed E-state index contributed by atoms with van der Waals surface area (Å²) >= 11 is 0. The standard InChI is InChI=1S/C14H16N2O4/c1-2-19-13(17)14(6-3-4-7-14)12-15-11(16-20-12)10-5-8-18-9-10/h5,8-9H,2-4,6-7H2,1H3. The van der Waals surface area contributed by atoms with Gasteiger partial charge in [-0.3, -0.25) is 4.79 Å². The molecule has 0 bridgehead atoms. The highest BCUT2D eigenvalue weighted by Crippen LogP contribution is 2.41. The topological polar surface area (TPSA) is 78.4 Å². The van der Waals surface area contributed by atoms with Crippen molar-refractivity contribution in [1.29, 1.82) is 0 Å². The van der Waals surface area contributed by atoms with E-state index in [0.717, 1.165) is 18.4 Å². The maximum atomic E-state index is 12.3. The maximum absolute atomic E-state index is 12.3. The van der Waals surface area contributed by atoms with E-state index in [1.165, 1.54) is 0 Å². The molecule has 0 atom stereocenters. The SMILES string of the molecule is CCOC(=O)C1(c2nc(-c3ccoc3)no2)CCCC1. The first kappa shape index (κ1) is 12.9. The third-order valence-electron chi connectivity index (χ3n) is 3.74. The largest absolute Gasteiger partial charge is 0.472 e. The number of esters is 1. The van der Waals surface area contributed by atoms with E-state index in [9.17, 15) is 4.79 Å². The molecule has 2 aromatic heterocycles. The number of ether oxygens (including phenoxy) is 1. The fourth-order valence-corrected chi connectivity index (χ4v) is 2.68. The minimum absolute atomic E-state index is 0.264. The second kappa shape index (κ2) is 5.11. The van der Waals surface area contributed by atoms with E-state index in [1.807, 2.05) is 0 Å². The molecule has 1 aliphatic rings. The number of nitrogens with zero attached hydrogens (tertiary/aromatic N) is 2. The van der Waals surface area contributed by atoms with Gasteiger partial charge in [0, 0.05) is 0 Å². The van der Waals surface area contributed by atoms with Crippen molar-refractivity contribution in [3.05, 3.63) is 24.5 Å². The Morgan fingerprint density at radius 1 is 1.45 bits per heavy atom. The molecule has 6 heteroatoms. The van der Waals surface area contributed by atoms with Crippen LogP contribution in [0, 0.1) is 0 Å². The molecule has 0 N–H and O–H groups in total. The van der Waals surface area contributed by atoms with Gasteiger partial charge in [-0.2, -0.15) is 4.98 Å². The van der Waals surface area contributed by atoms with Gasteiger partial charge in [0.15, 0.2) is 0 Å². The molecule has 0 unspecified atom stereocenters. The molecule has 3 rings (SSSR count). The van der Waals surface area contributed by atoms with E-state index in [-0.39, 0.29) is 5.97 Å². The van der Waals surface area contributed by atoms with Crippen molar-refractivity contribution < 1.29 is 18.5 Å². The molecule has 106 valence electrons. The average molecular weight is 276 g/mol. The maximum Gasteiger partial charge on any atom is 0.321 e. The Morgan fingerprint density at radius 3 is 2.90 bits per heavy atom. The molecule has 20 heavy (non-hydrogen) atoms. The van der Waals surface area contributed by atoms with Crippen molar-refractivity contribution in [3.8, 4) is 11.4 Å². The molecule has 6 nitrogen and oxygen atoms in total. The number of furan rings is 1. The van der Waals surface area contributed by atoms with Crippen LogP contribution in [0.1, 0.15) is 38.5 Å². The lowest BCUT2D eigenvalue weighted by atomic mass is 9.86. The molecule has 0 spiro atoms. The molecule has 2 heterocycles. The van der Waals surface area contributed by atoms with Crippen LogP contribution in [0.3, 0.4) is 0 Å². The van der Waals surface area contributed by atoms with Gasteiger partial charge >= 0.3 is 5.97 Å². The van der Waals surface area contributed by atoms with E-state index in [1.54, 1.807) is 25.5 Å². The summed E-state index contributed by atoms with van der Waals surface area (Å²) in [5.41, 5.74) is -0.0395. The van der Waals surface area contributed by atoms with E-state index in [2.05, 4.69) is 10.1 Å². The Labute approximate surface area is 116 Å². The van der Waals surface area contributed by atoms with Gasteiger partial charge in [-0.1, -0.05) is 18.0 Å². The third kappa shape index (κ3) is 2.01. The zero-order valence-corrected chi connectivity index (χ0v) is 11.3. The van der Waals surface area contributed by atoms with Gasteiger partial charge in [0.25, 0.3) is 0 Å². The molecule has 0 radical (unpaired) electrons. The van der Waals surface area contributed by atoms with Crippen molar-refractivity contribution in [2.75, 3.05) is 6.61 Å². The van der Waals surface area contributed by atoms with Gasteiger partial charge in [0.1, 0.15) is 11.7 Å². The number of carbonyl (C=O) groups is 1. The normalized spacial score (nSPS) is 17.2. The van der Waals surface area contributed by atoms with Gasteiger partial charge in [0.2, 0.25) is 11.7 Å². The summed E-state index contributed by atoms with van der Waals surface area (Å²) in [6.07, 6.45) is 6.39. The van der Waals surface area contributed by atoms with Crippen molar-refractivity contribution in [2.45, 2.75) is 38.0 Å². The van der Waals surface area contributed by atoms with Crippen LogP contribution < -0.4 is 0 Å². The van der Waals surface area contributed by atoms with Gasteiger partial charge in [-0.25, -0.2) is 0 Å². The van der Waals surface area contributed by atoms with Crippen molar-refractivity contribution in [1.82, 2.24) is 10.1 Å². The third-order valence-corrected chi connectivity index (χ3v) is 3.74. The summed E-state index contributed by atoms with van der Waals surface area (Å²) < 4.78 is 15.5. The smallest absolute Gasteiger partial charge is 0.321 e. The van der Waals surface area contributed by atoms with Crippen LogP contribution in [-0.4, -0.2) is 22.7 Å². The van der Waals surface area contributed by atoms with Gasteiger partial charge in [-0.15, -0.1) is 0 Å². The van der Waals surface area contributed by atoms with Crippen LogP contribution >= 0.6 is 0 Å². The minimum atomic E-state index is -0.773. The molecule has 1 fully saturated rings. The highest BCUT2D eigenvalue weighted by atomic mass is 16.5. The summed E-state index contributed by atoms with van der Waals surface area (Å²) in [4.78, 5) is 16.7. The summed E-state index contributed by atoms with van der Waals surface area (Å²) in [7, 11) is 0. The first-order valence-electron chi connectivity index (χ1n) is 6.80.